The van der Waals surface area contributed by atoms with E-state index < -0.39 is 0 Å². The molecule has 114 valence electrons. The van der Waals surface area contributed by atoms with Crippen LogP contribution in [0.25, 0.3) is 0 Å². The summed E-state index contributed by atoms with van der Waals surface area (Å²) in [5, 5.41) is 0. The molecule has 1 heterocycles. The van der Waals surface area contributed by atoms with Crippen molar-refractivity contribution in [2.24, 2.45) is 4.99 Å². The fourth-order valence-electron chi connectivity index (χ4n) is 2.69. The molecular formula is C18H18BrFN2. The molecule has 0 saturated carbocycles. The van der Waals surface area contributed by atoms with Gasteiger partial charge in [0, 0.05) is 23.8 Å². The molecule has 2 nitrogen and oxygen atoms in total. The predicted molar refractivity (Wildman–Crippen MR) is 94.0 cm³/mol. The Bertz CT molecular complexity index is 689. The molecule has 2 aromatic rings. The second-order valence-electron chi connectivity index (χ2n) is 5.59. The molecule has 0 unspecified atom stereocenters. The smallest absolute Gasteiger partial charge is 0.147 e. The van der Waals surface area contributed by atoms with Crippen LogP contribution in [-0.2, 0) is 0 Å². The minimum absolute atomic E-state index is 0.162. The number of aryl methyl sites for hydroxylation is 1. The lowest BCUT2D eigenvalue weighted by Crippen LogP contribution is -2.19. The molecule has 2 aromatic carbocycles. The van der Waals surface area contributed by atoms with Gasteiger partial charge < -0.3 is 4.90 Å². The van der Waals surface area contributed by atoms with Crippen LogP contribution < -0.4 is 4.90 Å². The van der Waals surface area contributed by atoms with E-state index in [1.54, 1.807) is 12.3 Å². The van der Waals surface area contributed by atoms with E-state index in [0.717, 1.165) is 52.9 Å². The molecular weight excluding hydrogens is 343 g/mol. The summed E-state index contributed by atoms with van der Waals surface area (Å²) in [6.07, 6.45) is 4.02. The van der Waals surface area contributed by atoms with Gasteiger partial charge in [-0.25, -0.2) is 4.39 Å². The second kappa shape index (κ2) is 6.61. The first kappa shape index (κ1) is 15.2. The Labute approximate surface area is 138 Å². The van der Waals surface area contributed by atoms with Gasteiger partial charge in [-0.15, -0.1) is 0 Å². The third-order valence-corrected chi connectivity index (χ3v) is 4.49. The Balaban J connectivity index is 1.85. The third kappa shape index (κ3) is 3.38. The number of rotatable bonds is 3. The first-order valence-electron chi connectivity index (χ1n) is 7.48. The summed E-state index contributed by atoms with van der Waals surface area (Å²) in [5.74, 6) is -0.162. The number of hydrogen-bond acceptors (Lipinski definition) is 2. The van der Waals surface area contributed by atoms with Crippen LogP contribution in [0, 0.1) is 12.7 Å². The SMILES string of the molecule is Cc1cc(N2CCCC2)c(F)cc1C=Nc1ccc(Br)cc1. The second-order valence-corrected chi connectivity index (χ2v) is 6.50. The van der Waals surface area contributed by atoms with E-state index in [4.69, 9.17) is 0 Å². The van der Waals surface area contributed by atoms with Gasteiger partial charge >= 0.3 is 0 Å². The number of hydrogen-bond donors (Lipinski definition) is 0. The molecule has 0 amide bonds. The zero-order valence-electron chi connectivity index (χ0n) is 12.5. The molecule has 0 radical (unpaired) electrons. The molecule has 0 aliphatic carbocycles. The van der Waals surface area contributed by atoms with E-state index in [2.05, 4.69) is 25.8 Å². The van der Waals surface area contributed by atoms with E-state index in [-0.39, 0.29) is 5.82 Å². The van der Waals surface area contributed by atoms with Crippen molar-refractivity contribution in [2.75, 3.05) is 18.0 Å². The van der Waals surface area contributed by atoms with Gasteiger partial charge in [0.15, 0.2) is 0 Å². The van der Waals surface area contributed by atoms with Gasteiger partial charge in [0.25, 0.3) is 0 Å². The van der Waals surface area contributed by atoms with Gasteiger partial charge in [0.2, 0.25) is 0 Å². The number of benzene rings is 2. The van der Waals surface area contributed by atoms with E-state index >= 15 is 0 Å². The van der Waals surface area contributed by atoms with E-state index in [9.17, 15) is 4.39 Å². The lowest BCUT2D eigenvalue weighted by atomic mass is 10.1. The van der Waals surface area contributed by atoms with Gasteiger partial charge in [-0.05, 0) is 67.3 Å². The molecule has 1 saturated heterocycles. The van der Waals surface area contributed by atoms with Crippen molar-refractivity contribution >= 4 is 33.5 Å². The number of nitrogens with zero attached hydrogens (tertiary/aromatic N) is 2. The van der Waals surface area contributed by atoms with Gasteiger partial charge in [-0.3, -0.25) is 4.99 Å². The predicted octanol–water partition coefficient (Wildman–Crippen LogP) is 5.25. The maximum Gasteiger partial charge on any atom is 0.147 e. The average Bonchev–Trinajstić information content (AvgIpc) is 3.03. The fraction of sp³-hybridized carbons (Fsp3) is 0.278. The van der Waals surface area contributed by atoms with Crippen molar-refractivity contribution in [2.45, 2.75) is 19.8 Å². The number of anilines is 1. The Hall–Kier alpha value is -1.68. The van der Waals surface area contributed by atoms with E-state index in [0.29, 0.717) is 0 Å². The summed E-state index contributed by atoms with van der Waals surface area (Å²) < 4.78 is 15.4. The highest BCUT2D eigenvalue weighted by atomic mass is 79.9. The summed E-state index contributed by atoms with van der Waals surface area (Å²) in [4.78, 5) is 6.54. The molecule has 0 atom stereocenters. The zero-order valence-corrected chi connectivity index (χ0v) is 14.1. The first-order chi connectivity index (χ1) is 10.6. The van der Waals surface area contributed by atoms with Crippen LogP contribution in [0.2, 0.25) is 0 Å². The third-order valence-electron chi connectivity index (χ3n) is 3.96. The van der Waals surface area contributed by atoms with Crippen LogP contribution in [0.15, 0.2) is 45.9 Å². The Kier molecular flexibility index (Phi) is 4.57. The minimum Gasteiger partial charge on any atom is -0.369 e. The van der Waals surface area contributed by atoms with Gasteiger partial charge in [-0.1, -0.05) is 15.9 Å². The van der Waals surface area contributed by atoms with E-state index in [1.165, 1.54) is 0 Å². The summed E-state index contributed by atoms with van der Waals surface area (Å²) in [6, 6.07) is 11.2. The highest BCUT2D eigenvalue weighted by Crippen LogP contribution is 2.26. The molecule has 1 aliphatic rings. The zero-order chi connectivity index (χ0) is 15.5. The topological polar surface area (TPSA) is 15.6 Å². The maximum atomic E-state index is 14.4. The molecule has 0 aromatic heterocycles. The summed E-state index contributed by atoms with van der Waals surface area (Å²) >= 11 is 3.40. The van der Waals surface area contributed by atoms with Crippen LogP contribution in [-0.4, -0.2) is 19.3 Å². The highest BCUT2D eigenvalue weighted by Gasteiger charge is 2.17. The number of aliphatic imine (C=N–C) groups is 1. The molecule has 0 spiro atoms. The lowest BCUT2D eigenvalue weighted by molar-refractivity contribution is 0.622. The van der Waals surface area contributed by atoms with Crippen molar-refractivity contribution < 1.29 is 4.39 Å². The van der Waals surface area contributed by atoms with Crippen LogP contribution in [0.3, 0.4) is 0 Å². The quantitative estimate of drug-likeness (QED) is 0.682. The summed E-state index contributed by atoms with van der Waals surface area (Å²) in [5.41, 5.74) is 3.44. The molecule has 1 fully saturated rings. The summed E-state index contributed by atoms with van der Waals surface area (Å²) in [6.45, 7) is 3.90. The standard InChI is InChI=1S/C18H18BrFN2/c1-13-10-18(22-8-2-3-9-22)17(20)11-14(13)12-21-16-6-4-15(19)5-7-16/h4-7,10-12H,2-3,8-9H2,1H3. The van der Waals surface area contributed by atoms with Gasteiger partial charge in [0.05, 0.1) is 11.4 Å². The molecule has 0 bridgehead atoms. The van der Waals surface area contributed by atoms with Crippen molar-refractivity contribution in [3.8, 4) is 0 Å². The van der Waals surface area contributed by atoms with Crippen LogP contribution in [0.5, 0.6) is 0 Å². The molecule has 3 rings (SSSR count). The monoisotopic (exact) mass is 360 g/mol. The van der Waals surface area contributed by atoms with Crippen LogP contribution in [0.1, 0.15) is 24.0 Å². The summed E-state index contributed by atoms with van der Waals surface area (Å²) in [7, 11) is 0. The minimum atomic E-state index is -0.162. The van der Waals surface area contributed by atoms with E-state index in [1.807, 2.05) is 37.3 Å². The molecule has 1 aliphatic heterocycles. The van der Waals surface area contributed by atoms with Crippen molar-refractivity contribution in [1.29, 1.82) is 0 Å². The Morgan fingerprint density at radius 2 is 1.82 bits per heavy atom. The van der Waals surface area contributed by atoms with Gasteiger partial charge in [0.1, 0.15) is 5.82 Å². The lowest BCUT2D eigenvalue weighted by Gasteiger charge is -2.19. The van der Waals surface area contributed by atoms with Crippen molar-refractivity contribution in [3.63, 3.8) is 0 Å². The van der Waals surface area contributed by atoms with Crippen LogP contribution >= 0.6 is 15.9 Å². The fourth-order valence-corrected chi connectivity index (χ4v) is 2.96. The molecule has 22 heavy (non-hydrogen) atoms. The normalized spacial score (nSPS) is 15.0. The highest BCUT2D eigenvalue weighted by molar-refractivity contribution is 9.10. The van der Waals surface area contributed by atoms with Crippen molar-refractivity contribution in [3.05, 3.63) is 57.8 Å². The maximum absolute atomic E-state index is 14.4. The Morgan fingerprint density at radius 1 is 1.14 bits per heavy atom. The van der Waals surface area contributed by atoms with Gasteiger partial charge in [-0.2, -0.15) is 0 Å². The average molecular weight is 361 g/mol. The first-order valence-corrected chi connectivity index (χ1v) is 8.27. The Morgan fingerprint density at radius 3 is 2.50 bits per heavy atom. The number of halogens is 2. The van der Waals surface area contributed by atoms with Crippen molar-refractivity contribution in [1.82, 2.24) is 0 Å². The largest absolute Gasteiger partial charge is 0.369 e. The molecule has 0 N–H and O–H groups in total. The molecule has 4 heteroatoms. The van der Waals surface area contributed by atoms with Crippen LogP contribution in [0.4, 0.5) is 15.8 Å².